The molecule has 0 aromatic carbocycles. The monoisotopic (exact) mass is 220 g/mol. The maximum absolute atomic E-state index is 12.6. The maximum atomic E-state index is 12.6. The van der Waals surface area contributed by atoms with Crippen molar-refractivity contribution in [3.8, 4) is 0 Å². The van der Waals surface area contributed by atoms with Crippen molar-refractivity contribution in [1.29, 1.82) is 0 Å². The van der Waals surface area contributed by atoms with Crippen LogP contribution in [0, 0.1) is 0 Å². The summed E-state index contributed by atoms with van der Waals surface area (Å²) in [6.45, 7) is 0. The Morgan fingerprint density at radius 1 is 1.29 bits per heavy atom. The van der Waals surface area contributed by atoms with E-state index in [0.29, 0.717) is 14.2 Å². The first-order chi connectivity index (χ1) is 6.21. The fraction of sp³-hybridized carbons (Fsp3) is 0.833. The number of esters is 1. The first kappa shape index (κ1) is 13.1. The van der Waals surface area contributed by atoms with Gasteiger partial charge in [-0.2, -0.15) is 17.6 Å². The van der Waals surface area contributed by atoms with Crippen LogP contribution in [0.25, 0.3) is 0 Å². The Labute approximate surface area is 76.4 Å². The van der Waals surface area contributed by atoms with Gasteiger partial charge in [-0.25, -0.2) is 4.79 Å². The topological polar surface area (TPSA) is 55.8 Å². The van der Waals surface area contributed by atoms with Crippen LogP contribution in [0.5, 0.6) is 0 Å². The van der Waals surface area contributed by atoms with Gasteiger partial charge in [-0.3, -0.25) is 0 Å². The van der Waals surface area contributed by atoms with Crippen molar-refractivity contribution in [1.82, 2.24) is 0 Å². The lowest BCUT2D eigenvalue weighted by Crippen LogP contribution is -2.55. The molecular weight excluding hydrogens is 212 g/mol. The second-order valence-corrected chi connectivity index (χ2v) is 2.28. The molecule has 0 fully saturated rings. The van der Waals surface area contributed by atoms with Gasteiger partial charge in [0, 0.05) is 7.11 Å². The molecule has 1 atom stereocenters. The molecule has 0 aliphatic carbocycles. The highest BCUT2D eigenvalue weighted by Crippen LogP contribution is 2.38. The Hall–Kier alpha value is -0.890. The number of aliphatic hydroxyl groups excluding tert-OH is 1. The van der Waals surface area contributed by atoms with Crippen molar-refractivity contribution in [2.45, 2.75) is 18.1 Å². The highest BCUT2D eigenvalue weighted by Gasteiger charge is 2.67. The number of aliphatic hydroxyl groups is 1. The van der Waals surface area contributed by atoms with Crippen LogP contribution in [0.4, 0.5) is 17.6 Å². The first-order valence-electron chi connectivity index (χ1n) is 3.26. The van der Waals surface area contributed by atoms with E-state index in [1.165, 1.54) is 0 Å². The molecule has 0 aromatic rings. The molecule has 0 aliphatic rings. The predicted octanol–water partition coefficient (Wildman–Crippen LogP) is 0.395. The lowest BCUT2D eigenvalue weighted by molar-refractivity contribution is -0.305. The third-order valence-electron chi connectivity index (χ3n) is 1.39. The molecule has 14 heavy (non-hydrogen) atoms. The number of alkyl halides is 4. The zero-order valence-corrected chi connectivity index (χ0v) is 7.26. The van der Waals surface area contributed by atoms with Crippen LogP contribution in [0.15, 0.2) is 0 Å². The fourth-order valence-corrected chi connectivity index (χ4v) is 0.567. The fourth-order valence-electron chi connectivity index (χ4n) is 0.567. The molecule has 0 radical (unpaired) electrons. The zero-order chi connectivity index (χ0) is 11.6. The van der Waals surface area contributed by atoms with Gasteiger partial charge in [0.15, 0.2) is 0 Å². The third kappa shape index (κ3) is 1.95. The standard InChI is InChI=1S/C6H8F4O4/c1-13-3(11)5(7,8)6(9,10)4(12)14-2/h3,11H,1-2H3. The van der Waals surface area contributed by atoms with Gasteiger partial charge in [0.1, 0.15) is 0 Å². The number of carbonyl (C=O) groups excluding carboxylic acids is 1. The van der Waals surface area contributed by atoms with E-state index in [4.69, 9.17) is 5.11 Å². The Morgan fingerprint density at radius 3 is 2.00 bits per heavy atom. The smallest absolute Gasteiger partial charge is 0.409 e. The number of ether oxygens (including phenoxy) is 2. The minimum absolute atomic E-state index is 0.519. The van der Waals surface area contributed by atoms with Crippen molar-refractivity contribution in [2.75, 3.05) is 14.2 Å². The van der Waals surface area contributed by atoms with E-state index >= 15 is 0 Å². The van der Waals surface area contributed by atoms with Crippen LogP contribution < -0.4 is 0 Å². The number of hydrogen-bond donors (Lipinski definition) is 1. The van der Waals surface area contributed by atoms with Gasteiger partial charge in [0.25, 0.3) is 0 Å². The molecule has 1 N–H and O–H groups in total. The van der Waals surface area contributed by atoms with Gasteiger partial charge in [-0.1, -0.05) is 0 Å². The summed E-state index contributed by atoms with van der Waals surface area (Å²) >= 11 is 0. The van der Waals surface area contributed by atoms with E-state index in [-0.39, 0.29) is 0 Å². The molecule has 0 aliphatic heterocycles. The van der Waals surface area contributed by atoms with Crippen LogP contribution in [-0.4, -0.2) is 43.4 Å². The minimum atomic E-state index is -5.14. The molecule has 0 saturated carbocycles. The van der Waals surface area contributed by atoms with E-state index in [0.717, 1.165) is 0 Å². The Bertz CT molecular complexity index is 218. The Balaban J connectivity index is 4.95. The van der Waals surface area contributed by atoms with Crippen LogP contribution in [0.3, 0.4) is 0 Å². The zero-order valence-electron chi connectivity index (χ0n) is 7.26. The number of halogens is 4. The summed E-state index contributed by atoms with van der Waals surface area (Å²) in [5, 5.41) is 8.41. The van der Waals surface area contributed by atoms with Crippen molar-refractivity contribution in [3.05, 3.63) is 0 Å². The number of rotatable bonds is 4. The number of methoxy groups -OCH3 is 2. The molecule has 1 unspecified atom stereocenters. The molecule has 0 heterocycles. The molecule has 0 saturated heterocycles. The summed E-state index contributed by atoms with van der Waals surface area (Å²) in [6.07, 6.45) is -3.09. The predicted molar refractivity (Wildman–Crippen MR) is 34.9 cm³/mol. The van der Waals surface area contributed by atoms with Crippen molar-refractivity contribution in [2.24, 2.45) is 0 Å². The van der Waals surface area contributed by atoms with E-state index in [1.807, 2.05) is 0 Å². The molecule has 4 nitrogen and oxygen atoms in total. The SMILES string of the molecule is COC(=O)C(F)(F)C(F)(F)C(O)OC. The average Bonchev–Trinajstić information content (AvgIpc) is 2.14. The summed E-state index contributed by atoms with van der Waals surface area (Å²) in [5.41, 5.74) is 0. The normalized spacial score (nSPS) is 15.1. The van der Waals surface area contributed by atoms with E-state index in [1.54, 1.807) is 0 Å². The molecule has 0 amide bonds. The van der Waals surface area contributed by atoms with Gasteiger partial charge >= 0.3 is 17.8 Å². The summed E-state index contributed by atoms with van der Waals surface area (Å²) in [4.78, 5) is 10.3. The van der Waals surface area contributed by atoms with Gasteiger partial charge in [-0.15, -0.1) is 0 Å². The molecule has 0 spiro atoms. The van der Waals surface area contributed by atoms with Gasteiger partial charge < -0.3 is 14.6 Å². The van der Waals surface area contributed by atoms with Crippen molar-refractivity contribution < 1.29 is 36.9 Å². The maximum Gasteiger partial charge on any atom is 0.409 e. The van der Waals surface area contributed by atoms with Crippen LogP contribution >= 0.6 is 0 Å². The number of hydrogen-bond acceptors (Lipinski definition) is 4. The lowest BCUT2D eigenvalue weighted by Gasteiger charge is -2.26. The van der Waals surface area contributed by atoms with Gasteiger partial charge in [0.05, 0.1) is 7.11 Å². The van der Waals surface area contributed by atoms with Crippen molar-refractivity contribution >= 4 is 5.97 Å². The molecule has 84 valence electrons. The summed E-state index contributed by atoms with van der Waals surface area (Å²) in [6, 6.07) is 0. The van der Waals surface area contributed by atoms with E-state index < -0.39 is 24.1 Å². The quantitative estimate of drug-likeness (QED) is 0.423. The highest BCUT2D eigenvalue weighted by atomic mass is 19.3. The van der Waals surface area contributed by atoms with E-state index in [2.05, 4.69) is 9.47 Å². The summed E-state index contributed by atoms with van der Waals surface area (Å²) in [5.74, 6) is -12.6. The van der Waals surface area contributed by atoms with Gasteiger partial charge in [0.2, 0.25) is 6.29 Å². The van der Waals surface area contributed by atoms with E-state index in [9.17, 15) is 22.4 Å². The highest BCUT2D eigenvalue weighted by molar-refractivity contribution is 5.78. The van der Waals surface area contributed by atoms with Crippen LogP contribution in [0.1, 0.15) is 0 Å². The minimum Gasteiger partial charge on any atom is -0.464 e. The van der Waals surface area contributed by atoms with Crippen LogP contribution in [-0.2, 0) is 14.3 Å². The average molecular weight is 220 g/mol. The molecule has 0 aromatic heterocycles. The summed E-state index contributed by atoms with van der Waals surface area (Å²) < 4.78 is 57.4. The van der Waals surface area contributed by atoms with Gasteiger partial charge in [-0.05, 0) is 0 Å². The molecule has 0 rings (SSSR count). The largest absolute Gasteiger partial charge is 0.464 e. The molecule has 0 bridgehead atoms. The lowest BCUT2D eigenvalue weighted by atomic mass is 10.1. The first-order valence-corrected chi connectivity index (χ1v) is 3.26. The Morgan fingerprint density at radius 2 is 1.71 bits per heavy atom. The van der Waals surface area contributed by atoms with Crippen LogP contribution in [0.2, 0.25) is 0 Å². The van der Waals surface area contributed by atoms with Crippen molar-refractivity contribution in [3.63, 3.8) is 0 Å². The molecule has 8 heteroatoms. The second-order valence-electron chi connectivity index (χ2n) is 2.28. The number of carbonyl (C=O) groups is 1. The molecular formula is C6H8F4O4. The summed E-state index contributed by atoms with van der Waals surface area (Å²) in [7, 11) is 1.11. The Kier molecular flexibility index (Phi) is 3.83. The second kappa shape index (κ2) is 4.09. The third-order valence-corrected chi connectivity index (χ3v) is 1.39.